The Morgan fingerprint density at radius 2 is 1.70 bits per heavy atom. The maximum atomic E-state index is 13.4. The van der Waals surface area contributed by atoms with E-state index in [-0.39, 0.29) is 5.56 Å². The molecule has 0 aliphatic carbocycles. The van der Waals surface area contributed by atoms with Crippen molar-refractivity contribution >= 4 is 39.9 Å². The van der Waals surface area contributed by atoms with Crippen molar-refractivity contribution in [3.05, 3.63) is 86.8 Å². The quantitative estimate of drug-likeness (QED) is 0.374. The molecule has 0 unspecified atom stereocenters. The Labute approximate surface area is 182 Å². The van der Waals surface area contributed by atoms with Crippen molar-refractivity contribution in [2.24, 2.45) is 0 Å². The van der Waals surface area contributed by atoms with Crippen molar-refractivity contribution < 1.29 is 0 Å². The van der Waals surface area contributed by atoms with E-state index in [4.69, 9.17) is 33.6 Å². The first-order valence-electron chi connectivity index (χ1n) is 9.06. The summed E-state index contributed by atoms with van der Waals surface area (Å²) in [6.45, 7) is 0. The van der Waals surface area contributed by atoms with Crippen LogP contribution in [0.4, 0.5) is 0 Å². The van der Waals surface area contributed by atoms with Gasteiger partial charge in [-0.25, -0.2) is 14.5 Å². The van der Waals surface area contributed by atoms with E-state index in [9.17, 15) is 4.79 Å². The zero-order chi connectivity index (χ0) is 21.4. The van der Waals surface area contributed by atoms with Crippen molar-refractivity contribution in [2.75, 3.05) is 14.1 Å². The average molecular weight is 438 g/mol. The number of aromatic nitrogens is 3. The van der Waals surface area contributed by atoms with Gasteiger partial charge in [0.25, 0.3) is 5.56 Å². The van der Waals surface area contributed by atoms with Crippen LogP contribution < -0.4 is 5.56 Å². The van der Waals surface area contributed by atoms with E-state index in [1.807, 2.05) is 38.4 Å². The molecule has 2 heterocycles. The summed E-state index contributed by atoms with van der Waals surface area (Å²) in [7, 11) is 3.63. The topological polar surface area (TPSA) is 74.9 Å². The highest BCUT2D eigenvalue weighted by Crippen LogP contribution is 2.24. The van der Waals surface area contributed by atoms with E-state index < -0.39 is 0 Å². The van der Waals surface area contributed by atoms with Crippen molar-refractivity contribution in [3.8, 4) is 17.2 Å². The van der Waals surface area contributed by atoms with Crippen molar-refractivity contribution in [2.45, 2.75) is 0 Å². The minimum Gasteiger partial charge on any atom is -0.363 e. The van der Waals surface area contributed by atoms with Crippen LogP contribution in [0.1, 0.15) is 5.56 Å². The molecule has 8 heteroatoms. The Bertz CT molecular complexity index is 1310. The number of amidine groups is 1. The second-order valence-electron chi connectivity index (χ2n) is 6.89. The third-order valence-electron chi connectivity index (χ3n) is 4.63. The number of hydrogen-bond acceptors (Lipinski definition) is 4. The number of halogens is 2. The van der Waals surface area contributed by atoms with Gasteiger partial charge in [0.1, 0.15) is 17.5 Å². The molecule has 0 bridgehead atoms. The summed E-state index contributed by atoms with van der Waals surface area (Å²) >= 11 is 12.1. The first-order chi connectivity index (χ1) is 14.3. The van der Waals surface area contributed by atoms with E-state index >= 15 is 0 Å². The molecule has 0 aliphatic rings. The van der Waals surface area contributed by atoms with Crippen LogP contribution >= 0.6 is 23.2 Å². The average Bonchev–Trinajstić information content (AvgIpc) is 2.74. The fraction of sp³-hybridized carbons (Fsp3) is 0.0909. The van der Waals surface area contributed by atoms with E-state index in [0.29, 0.717) is 38.4 Å². The predicted octanol–water partition coefficient (Wildman–Crippen LogP) is 4.64. The third-order valence-corrected chi connectivity index (χ3v) is 5.09. The lowest BCUT2D eigenvalue weighted by molar-refractivity contribution is 0.619. The van der Waals surface area contributed by atoms with E-state index in [1.165, 1.54) is 10.8 Å². The second kappa shape index (κ2) is 7.89. The Morgan fingerprint density at radius 1 is 1.00 bits per heavy atom. The number of rotatable bonds is 3. The number of nitrogens with one attached hydrogen (secondary N) is 1. The van der Waals surface area contributed by atoms with Crippen LogP contribution in [0, 0.1) is 5.41 Å². The van der Waals surface area contributed by atoms with E-state index in [0.717, 1.165) is 11.1 Å². The normalized spacial score (nSPS) is 10.9. The van der Waals surface area contributed by atoms with Crippen molar-refractivity contribution in [1.29, 1.82) is 5.41 Å². The highest BCUT2D eigenvalue weighted by atomic mass is 35.5. The first kappa shape index (κ1) is 20.1. The molecule has 0 spiro atoms. The first-order valence-corrected chi connectivity index (χ1v) is 9.81. The van der Waals surface area contributed by atoms with Gasteiger partial charge in [-0.05, 0) is 30.3 Å². The Hall–Kier alpha value is -3.22. The summed E-state index contributed by atoms with van der Waals surface area (Å²) in [5.41, 5.74) is 1.73. The van der Waals surface area contributed by atoms with Gasteiger partial charge in [0.05, 0.1) is 15.9 Å². The van der Waals surface area contributed by atoms with E-state index in [2.05, 4.69) is 4.98 Å². The maximum absolute atomic E-state index is 13.4. The predicted molar refractivity (Wildman–Crippen MR) is 121 cm³/mol. The van der Waals surface area contributed by atoms with Crippen molar-refractivity contribution in [1.82, 2.24) is 19.4 Å². The molecule has 30 heavy (non-hydrogen) atoms. The highest BCUT2D eigenvalue weighted by molar-refractivity contribution is 6.31. The molecule has 4 aromatic rings. The summed E-state index contributed by atoms with van der Waals surface area (Å²) < 4.78 is 1.45. The Morgan fingerprint density at radius 3 is 2.33 bits per heavy atom. The minimum absolute atomic E-state index is 0.280. The van der Waals surface area contributed by atoms with Gasteiger partial charge in [-0.3, -0.25) is 10.2 Å². The molecule has 150 valence electrons. The highest BCUT2D eigenvalue weighted by Gasteiger charge is 2.16. The number of hydrogen-bond donors (Lipinski definition) is 1. The molecule has 1 N–H and O–H groups in total. The second-order valence-corrected chi connectivity index (χ2v) is 7.77. The number of pyridine rings is 1. The lowest BCUT2D eigenvalue weighted by Crippen LogP contribution is -2.23. The molecule has 4 rings (SSSR count). The summed E-state index contributed by atoms with van der Waals surface area (Å²) in [5.74, 6) is 1.23. The molecule has 6 nitrogen and oxygen atoms in total. The monoisotopic (exact) mass is 437 g/mol. The fourth-order valence-electron chi connectivity index (χ4n) is 3.10. The molecule has 2 aromatic heterocycles. The Balaban J connectivity index is 1.97. The lowest BCUT2D eigenvalue weighted by Gasteiger charge is -2.15. The van der Waals surface area contributed by atoms with Gasteiger partial charge >= 0.3 is 0 Å². The molecule has 0 fully saturated rings. The number of nitrogens with zero attached hydrogens (tertiary/aromatic N) is 4. The molecular weight excluding hydrogens is 421 g/mol. The molecular formula is C22H17Cl2N5O. The zero-order valence-corrected chi connectivity index (χ0v) is 17.7. The lowest BCUT2D eigenvalue weighted by atomic mass is 10.1. The van der Waals surface area contributed by atoms with Crippen LogP contribution in [-0.2, 0) is 0 Å². The molecule has 0 amide bonds. The Kier molecular flexibility index (Phi) is 5.28. The minimum atomic E-state index is -0.280. The van der Waals surface area contributed by atoms with Gasteiger partial charge in [0.2, 0.25) is 0 Å². The van der Waals surface area contributed by atoms with E-state index in [1.54, 1.807) is 35.2 Å². The van der Waals surface area contributed by atoms with Crippen LogP contribution in [0.3, 0.4) is 0 Å². The SMILES string of the molecule is CN(C)C(=N)c1ccc(-c2nc3ccc(Cl)cc3c(=O)n2-c2ccc(Cl)cn2)cc1. The van der Waals surface area contributed by atoms with Gasteiger partial charge in [0.15, 0.2) is 0 Å². The van der Waals surface area contributed by atoms with Crippen LogP contribution in [0.2, 0.25) is 10.0 Å². The summed E-state index contributed by atoms with van der Waals surface area (Å²) in [4.78, 5) is 24.1. The summed E-state index contributed by atoms with van der Waals surface area (Å²) in [6.07, 6.45) is 1.48. The largest absolute Gasteiger partial charge is 0.363 e. The van der Waals surface area contributed by atoms with Gasteiger partial charge in [-0.15, -0.1) is 0 Å². The molecule has 0 radical (unpaired) electrons. The molecule has 0 aliphatic heterocycles. The number of benzene rings is 2. The van der Waals surface area contributed by atoms with Crippen LogP contribution in [-0.4, -0.2) is 39.4 Å². The van der Waals surface area contributed by atoms with Gasteiger partial charge in [-0.2, -0.15) is 0 Å². The fourth-order valence-corrected chi connectivity index (χ4v) is 3.38. The molecule has 2 aromatic carbocycles. The molecule has 0 saturated heterocycles. The maximum Gasteiger partial charge on any atom is 0.267 e. The summed E-state index contributed by atoms with van der Waals surface area (Å²) in [6, 6.07) is 15.7. The number of fused-ring (bicyclic) bond motifs is 1. The van der Waals surface area contributed by atoms with Gasteiger partial charge in [0, 0.05) is 36.4 Å². The van der Waals surface area contributed by atoms with Crippen molar-refractivity contribution in [3.63, 3.8) is 0 Å². The van der Waals surface area contributed by atoms with Crippen LogP contribution in [0.25, 0.3) is 28.1 Å². The van der Waals surface area contributed by atoms with Crippen LogP contribution in [0.15, 0.2) is 65.6 Å². The molecule has 0 saturated carbocycles. The third kappa shape index (κ3) is 3.67. The van der Waals surface area contributed by atoms with Gasteiger partial charge < -0.3 is 4.90 Å². The zero-order valence-electron chi connectivity index (χ0n) is 16.2. The van der Waals surface area contributed by atoms with Gasteiger partial charge in [-0.1, -0.05) is 47.5 Å². The summed E-state index contributed by atoms with van der Waals surface area (Å²) in [5, 5.41) is 9.46. The smallest absolute Gasteiger partial charge is 0.267 e. The van der Waals surface area contributed by atoms with Crippen LogP contribution in [0.5, 0.6) is 0 Å². The molecule has 0 atom stereocenters. The standard InChI is InChI=1S/C22H17Cl2N5O/c1-28(2)20(25)13-3-5-14(6-4-13)21-27-18-9-7-15(23)11-17(18)22(30)29(21)19-10-8-16(24)12-26-19/h3-12,25H,1-2H3.